The number of aryl methyl sites for hydroxylation is 2. The smallest absolute Gasteiger partial charge is 0.271 e. The number of hydrogen-bond acceptors (Lipinski definition) is 5. The second-order valence-corrected chi connectivity index (χ2v) is 7.98. The number of carbonyl (C=O) groups is 1. The Morgan fingerprint density at radius 1 is 0.900 bits per heavy atom. The van der Waals surface area contributed by atoms with Gasteiger partial charge in [0.25, 0.3) is 5.91 Å². The zero-order valence-electron chi connectivity index (χ0n) is 16.5. The van der Waals surface area contributed by atoms with Crippen molar-refractivity contribution in [3.8, 4) is 11.5 Å². The average Bonchev–Trinajstić information content (AvgIpc) is 3.02. The normalized spacial score (nSPS) is 16.6. The van der Waals surface area contributed by atoms with Crippen LogP contribution in [-0.4, -0.2) is 21.3 Å². The van der Waals surface area contributed by atoms with Crippen LogP contribution in [0, 0.1) is 13.8 Å². The fourth-order valence-corrected chi connectivity index (χ4v) is 4.14. The van der Waals surface area contributed by atoms with Gasteiger partial charge in [-0.15, -0.1) is 0 Å². The van der Waals surface area contributed by atoms with E-state index in [2.05, 4.69) is 0 Å². The van der Waals surface area contributed by atoms with Crippen LogP contribution in [0.15, 0.2) is 76.6 Å². The highest BCUT2D eigenvalue weighted by molar-refractivity contribution is 8.19. The van der Waals surface area contributed by atoms with E-state index in [-0.39, 0.29) is 17.4 Å². The summed E-state index contributed by atoms with van der Waals surface area (Å²) in [6, 6.07) is 19.9. The third-order valence-electron chi connectivity index (χ3n) is 4.79. The van der Waals surface area contributed by atoms with Crippen molar-refractivity contribution in [3.05, 3.63) is 88.3 Å². The predicted molar refractivity (Wildman–Crippen MR) is 122 cm³/mol. The van der Waals surface area contributed by atoms with Crippen molar-refractivity contribution < 1.29 is 15.0 Å². The maximum absolute atomic E-state index is 13.3. The number of phenolic OH excluding ortho intramolecular Hbond substituents is 2. The predicted octanol–water partition coefficient (Wildman–Crippen LogP) is 5.52. The molecular formula is C24H20N2O3S. The molecule has 4 rings (SSSR count). The summed E-state index contributed by atoms with van der Waals surface area (Å²) < 4.78 is 0. The summed E-state index contributed by atoms with van der Waals surface area (Å²) in [6.07, 6.45) is 1.69. The Bertz CT molecular complexity index is 1200. The SMILES string of the molecule is Cc1ccccc1N=C1S/C(=C/c2ccc(O)c(O)c2)C(=O)N1c1ccccc1C. The van der Waals surface area contributed by atoms with E-state index < -0.39 is 0 Å². The van der Waals surface area contributed by atoms with Gasteiger partial charge in [-0.05, 0) is 72.6 Å². The highest BCUT2D eigenvalue weighted by atomic mass is 32.2. The lowest BCUT2D eigenvalue weighted by atomic mass is 10.1. The van der Waals surface area contributed by atoms with E-state index in [1.807, 2.05) is 62.4 Å². The maximum Gasteiger partial charge on any atom is 0.271 e. The molecule has 1 fully saturated rings. The first-order valence-corrected chi connectivity index (χ1v) is 10.2. The van der Waals surface area contributed by atoms with Crippen molar-refractivity contribution in [2.24, 2.45) is 4.99 Å². The first-order chi connectivity index (χ1) is 14.4. The van der Waals surface area contributed by atoms with Crippen LogP contribution in [0.2, 0.25) is 0 Å². The van der Waals surface area contributed by atoms with Gasteiger partial charge in [-0.25, -0.2) is 4.99 Å². The Morgan fingerprint density at radius 3 is 2.30 bits per heavy atom. The first kappa shape index (κ1) is 19.8. The number of carbonyl (C=O) groups excluding carboxylic acids is 1. The molecule has 0 spiro atoms. The first-order valence-electron chi connectivity index (χ1n) is 9.40. The van der Waals surface area contributed by atoms with E-state index in [1.165, 1.54) is 23.9 Å². The standard InChI is InChI=1S/C24H20N2O3S/c1-15-7-3-5-9-18(15)25-24-26(19-10-6-4-8-16(19)2)23(29)22(30-24)14-17-11-12-20(27)21(28)13-17/h3-14,27-28H,1-2H3/b22-14+,25-24?. The van der Waals surface area contributed by atoms with Crippen molar-refractivity contribution in [1.29, 1.82) is 0 Å². The molecule has 0 bridgehead atoms. The van der Waals surface area contributed by atoms with Crippen molar-refractivity contribution in [3.63, 3.8) is 0 Å². The Hall–Kier alpha value is -3.51. The van der Waals surface area contributed by atoms with Gasteiger partial charge in [-0.1, -0.05) is 42.5 Å². The Balaban J connectivity index is 1.82. The number of nitrogens with zero attached hydrogens (tertiary/aromatic N) is 2. The number of anilines is 1. The topological polar surface area (TPSA) is 73.1 Å². The zero-order chi connectivity index (χ0) is 21.3. The number of amidine groups is 1. The monoisotopic (exact) mass is 416 g/mol. The largest absolute Gasteiger partial charge is 0.504 e. The molecule has 6 heteroatoms. The minimum atomic E-state index is -0.232. The summed E-state index contributed by atoms with van der Waals surface area (Å²) >= 11 is 1.28. The van der Waals surface area contributed by atoms with Gasteiger partial charge in [0.15, 0.2) is 16.7 Å². The van der Waals surface area contributed by atoms with E-state index in [9.17, 15) is 15.0 Å². The lowest BCUT2D eigenvalue weighted by molar-refractivity contribution is -0.113. The number of benzene rings is 3. The summed E-state index contributed by atoms with van der Waals surface area (Å²) in [5.74, 6) is -0.621. The van der Waals surface area contributed by atoms with Crippen LogP contribution >= 0.6 is 11.8 Å². The number of thioether (sulfide) groups is 1. The number of aliphatic imine (C=N–C) groups is 1. The summed E-state index contributed by atoms with van der Waals surface area (Å²) in [6.45, 7) is 3.94. The lowest BCUT2D eigenvalue weighted by Gasteiger charge is -2.18. The molecule has 0 atom stereocenters. The lowest BCUT2D eigenvalue weighted by Crippen LogP contribution is -2.29. The van der Waals surface area contributed by atoms with Crippen LogP contribution in [0.4, 0.5) is 11.4 Å². The number of amides is 1. The fourth-order valence-electron chi connectivity index (χ4n) is 3.15. The van der Waals surface area contributed by atoms with E-state index in [1.54, 1.807) is 17.0 Å². The molecule has 0 unspecified atom stereocenters. The second kappa shape index (κ2) is 8.08. The van der Waals surface area contributed by atoms with Gasteiger partial charge in [0.2, 0.25) is 0 Å². The number of aromatic hydroxyl groups is 2. The molecule has 30 heavy (non-hydrogen) atoms. The van der Waals surface area contributed by atoms with Gasteiger partial charge in [-0.2, -0.15) is 0 Å². The molecule has 150 valence electrons. The van der Waals surface area contributed by atoms with E-state index in [0.29, 0.717) is 15.6 Å². The molecule has 1 saturated heterocycles. The van der Waals surface area contributed by atoms with E-state index in [0.717, 1.165) is 22.5 Å². The highest BCUT2D eigenvalue weighted by Gasteiger charge is 2.35. The molecule has 0 aliphatic carbocycles. The number of para-hydroxylation sites is 2. The third-order valence-corrected chi connectivity index (χ3v) is 5.76. The van der Waals surface area contributed by atoms with Crippen LogP contribution in [-0.2, 0) is 4.79 Å². The highest BCUT2D eigenvalue weighted by Crippen LogP contribution is 2.39. The summed E-state index contributed by atoms with van der Waals surface area (Å²) in [5, 5.41) is 19.9. The molecule has 5 nitrogen and oxygen atoms in total. The van der Waals surface area contributed by atoms with E-state index in [4.69, 9.17) is 4.99 Å². The van der Waals surface area contributed by atoms with E-state index >= 15 is 0 Å². The quantitative estimate of drug-likeness (QED) is 0.435. The molecule has 1 heterocycles. The maximum atomic E-state index is 13.3. The minimum absolute atomic E-state index is 0.186. The van der Waals surface area contributed by atoms with Gasteiger partial charge in [-0.3, -0.25) is 9.69 Å². The zero-order valence-corrected chi connectivity index (χ0v) is 17.4. The third kappa shape index (κ3) is 3.82. The van der Waals surface area contributed by atoms with Crippen molar-refractivity contribution >= 4 is 40.3 Å². The molecule has 1 aliphatic heterocycles. The van der Waals surface area contributed by atoms with Crippen LogP contribution in [0.1, 0.15) is 16.7 Å². The van der Waals surface area contributed by atoms with Crippen LogP contribution in [0.3, 0.4) is 0 Å². The van der Waals surface area contributed by atoms with Gasteiger partial charge < -0.3 is 10.2 Å². The summed E-state index contributed by atoms with van der Waals surface area (Å²) in [7, 11) is 0. The molecule has 1 aliphatic rings. The Labute approximate surface area is 179 Å². The molecule has 2 N–H and O–H groups in total. The molecule has 0 radical (unpaired) electrons. The Morgan fingerprint density at radius 2 is 1.60 bits per heavy atom. The van der Waals surface area contributed by atoms with Crippen LogP contribution < -0.4 is 4.90 Å². The molecule has 3 aromatic rings. The van der Waals surface area contributed by atoms with Gasteiger partial charge in [0.1, 0.15) is 0 Å². The van der Waals surface area contributed by atoms with Crippen molar-refractivity contribution in [2.75, 3.05) is 4.90 Å². The minimum Gasteiger partial charge on any atom is -0.504 e. The molecule has 0 aromatic heterocycles. The summed E-state index contributed by atoms with van der Waals surface area (Å²) in [4.78, 5) is 20.2. The van der Waals surface area contributed by atoms with Crippen molar-refractivity contribution in [1.82, 2.24) is 0 Å². The summed E-state index contributed by atoms with van der Waals surface area (Å²) in [5.41, 5.74) is 4.17. The van der Waals surface area contributed by atoms with Crippen LogP contribution in [0.25, 0.3) is 6.08 Å². The van der Waals surface area contributed by atoms with Crippen molar-refractivity contribution in [2.45, 2.75) is 13.8 Å². The van der Waals surface area contributed by atoms with Crippen LogP contribution in [0.5, 0.6) is 11.5 Å². The van der Waals surface area contributed by atoms with Gasteiger partial charge >= 0.3 is 0 Å². The number of rotatable bonds is 3. The number of hydrogen-bond donors (Lipinski definition) is 2. The fraction of sp³-hybridized carbons (Fsp3) is 0.0833. The Kier molecular flexibility index (Phi) is 5.33. The second-order valence-electron chi connectivity index (χ2n) is 6.97. The van der Waals surface area contributed by atoms with Gasteiger partial charge in [0.05, 0.1) is 16.3 Å². The number of phenols is 2. The molecular weight excluding hydrogens is 396 g/mol. The average molecular weight is 417 g/mol. The molecule has 3 aromatic carbocycles. The molecule has 1 amide bonds. The molecule has 0 saturated carbocycles. The van der Waals surface area contributed by atoms with Gasteiger partial charge in [0, 0.05) is 0 Å².